The lowest BCUT2D eigenvalue weighted by atomic mass is 10.1. The van der Waals surface area contributed by atoms with Crippen LogP contribution in [0.25, 0.3) is 0 Å². The van der Waals surface area contributed by atoms with Gasteiger partial charge in [0.15, 0.2) is 0 Å². The molecular weight excluding hydrogens is 282 g/mol. The van der Waals surface area contributed by atoms with Gasteiger partial charge in [-0.05, 0) is 36.7 Å². The zero-order valence-electron chi connectivity index (χ0n) is 14.7. The van der Waals surface area contributed by atoms with Gasteiger partial charge in [-0.2, -0.15) is 0 Å². The van der Waals surface area contributed by atoms with E-state index in [0.29, 0.717) is 6.42 Å². The molecule has 2 nitrogen and oxygen atoms in total. The molecule has 1 aromatic carbocycles. The second-order valence-electron chi connectivity index (χ2n) is 7.08. The highest BCUT2D eigenvalue weighted by atomic mass is 16.1. The summed E-state index contributed by atoms with van der Waals surface area (Å²) in [5.41, 5.74) is 1.29. The summed E-state index contributed by atoms with van der Waals surface area (Å²) in [5.74, 6) is 1.99. The Morgan fingerprint density at radius 3 is 2.57 bits per heavy atom. The van der Waals surface area contributed by atoms with Gasteiger partial charge in [0.1, 0.15) is 0 Å². The number of carbonyl (C=O) groups excluding carboxylic acids is 1. The Morgan fingerprint density at radius 2 is 1.78 bits per heavy atom. The van der Waals surface area contributed by atoms with Crippen molar-refractivity contribution in [1.82, 2.24) is 5.32 Å². The van der Waals surface area contributed by atoms with Crippen LogP contribution in [0.2, 0.25) is 0 Å². The van der Waals surface area contributed by atoms with Crippen molar-refractivity contribution >= 4 is 5.91 Å². The lowest BCUT2D eigenvalue weighted by Gasteiger charge is -2.05. The summed E-state index contributed by atoms with van der Waals surface area (Å²) < 4.78 is 0. The van der Waals surface area contributed by atoms with Crippen molar-refractivity contribution in [2.45, 2.75) is 71.1 Å². The van der Waals surface area contributed by atoms with E-state index in [-0.39, 0.29) is 5.91 Å². The minimum absolute atomic E-state index is 0.231. The second kappa shape index (κ2) is 10.5. The highest BCUT2D eigenvalue weighted by Crippen LogP contribution is 2.45. The number of hydrogen-bond donors (Lipinski definition) is 1. The number of carbonyl (C=O) groups is 1. The van der Waals surface area contributed by atoms with Crippen LogP contribution in [-0.4, -0.2) is 12.5 Å². The Bertz CT molecular complexity index is 442. The third kappa shape index (κ3) is 7.67. The molecule has 0 heterocycles. The van der Waals surface area contributed by atoms with Gasteiger partial charge in [0.25, 0.3) is 0 Å². The molecule has 2 atom stereocenters. The van der Waals surface area contributed by atoms with Crippen molar-refractivity contribution < 1.29 is 4.79 Å². The smallest absolute Gasteiger partial charge is 0.220 e. The molecule has 1 aliphatic carbocycles. The minimum atomic E-state index is 0.231. The van der Waals surface area contributed by atoms with Crippen LogP contribution in [0, 0.1) is 11.8 Å². The number of nitrogens with one attached hydrogen (secondary N) is 1. The zero-order chi connectivity index (χ0) is 16.3. The van der Waals surface area contributed by atoms with Gasteiger partial charge in [-0.1, -0.05) is 75.8 Å². The maximum Gasteiger partial charge on any atom is 0.220 e. The molecule has 0 unspecified atom stereocenters. The zero-order valence-corrected chi connectivity index (χ0v) is 14.7. The van der Waals surface area contributed by atoms with E-state index in [0.717, 1.165) is 31.2 Å². The van der Waals surface area contributed by atoms with E-state index in [1.54, 1.807) is 0 Å². The summed E-state index contributed by atoms with van der Waals surface area (Å²) in [6.45, 7) is 3.02. The molecule has 0 spiro atoms. The lowest BCUT2D eigenvalue weighted by molar-refractivity contribution is -0.121. The van der Waals surface area contributed by atoms with Crippen LogP contribution in [0.4, 0.5) is 0 Å². The Balaban J connectivity index is 1.45. The first-order valence-electron chi connectivity index (χ1n) is 9.60. The van der Waals surface area contributed by atoms with Crippen LogP contribution in [0.5, 0.6) is 0 Å². The van der Waals surface area contributed by atoms with E-state index >= 15 is 0 Å². The molecular formula is C21H33NO. The monoisotopic (exact) mass is 315 g/mol. The average molecular weight is 316 g/mol. The molecule has 0 aromatic heterocycles. The number of unbranched alkanes of at least 4 members (excludes halogenated alkanes) is 4. The van der Waals surface area contributed by atoms with Crippen molar-refractivity contribution in [3.05, 3.63) is 35.9 Å². The fourth-order valence-corrected chi connectivity index (χ4v) is 3.42. The summed E-state index contributed by atoms with van der Waals surface area (Å²) in [4.78, 5) is 11.9. The summed E-state index contributed by atoms with van der Waals surface area (Å²) >= 11 is 0. The predicted molar refractivity (Wildman–Crippen MR) is 97.4 cm³/mol. The van der Waals surface area contributed by atoms with Crippen LogP contribution < -0.4 is 5.32 Å². The maximum absolute atomic E-state index is 11.9. The maximum atomic E-state index is 11.9. The first-order valence-corrected chi connectivity index (χ1v) is 9.60. The first kappa shape index (κ1) is 18.0. The molecule has 1 aromatic rings. The molecule has 128 valence electrons. The largest absolute Gasteiger partial charge is 0.356 e. The molecule has 0 bridgehead atoms. The highest BCUT2D eigenvalue weighted by Gasteiger charge is 2.35. The summed E-state index contributed by atoms with van der Waals surface area (Å²) in [7, 11) is 0. The Hall–Kier alpha value is -1.31. The van der Waals surface area contributed by atoms with E-state index in [1.807, 2.05) is 18.2 Å². The quantitative estimate of drug-likeness (QED) is 0.533. The Labute approximate surface area is 142 Å². The molecule has 0 aliphatic heterocycles. The fourth-order valence-electron chi connectivity index (χ4n) is 3.42. The molecule has 1 fully saturated rings. The van der Waals surface area contributed by atoms with Crippen molar-refractivity contribution in [2.24, 2.45) is 11.8 Å². The molecule has 1 aliphatic rings. The molecule has 0 saturated heterocycles. The van der Waals surface area contributed by atoms with E-state index < -0.39 is 0 Å². The molecule has 1 saturated carbocycles. The van der Waals surface area contributed by atoms with Crippen molar-refractivity contribution in [1.29, 1.82) is 0 Å². The summed E-state index contributed by atoms with van der Waals surface area (Å²) in [6.07, 6.45) is 12.4. The second-order valence-corrected chi connectivity index (χ2v) is 7.08. The number of hydrogen-bond acceptors (Lipinski definition) is 1. The topological polar surface area (TPSA) is 29.1 Å². The highest BCUT2D eigenvalue weighted by molar-refractivity contribution is 5.75. The van der Waals surface area contributed by atoms with Gasteiger partial charge in [-0.3, -0.25) is 4.79 Å². The van der Waals surface area contributed by atoms with Gasteiger partial charge >= 0.3 is 0 Å². The summed E-state index contributed by atoms with van der Waals surface area (Å²) in [5, 5.41) is 3.06. The van der Waals surface area contributed by atoms with Gasteiger partial charge in [0.05, 0.1) is 0 Å². The average Bonchev–Trinajstić information content (AvgIpc) is 3.32. The SMILES string of the molecule is CCCCCCC[C@@H]1C[C@H]1CCC(=O)NCCc1ccccc1. The van der Waals surface area contributed by atoms with Crippen LogP contribution in [-0.2, 0) is 11.2 Å². The van der Waals surface area contributed by atoms with E-state index in [1.165, 1.54) is 50.5 Å². The number of rotatable bonds is 12. The number of benzene rings is 1. The fraction of sp³-hybridized carbons (Fsp3) is 0.667. The molecule has 1 N–H and O–H groups in total. The van der Waals surface area contributed by atoms with E-state index in [4.69, 9.17) is 0 Å². The van der Waals surface area contributed by atoms with Gasteiger partial charge < -0.3 is 5.32 Å². The standard InChI is InChI=1S/C21H33NO/c1-2-3-4-5-9-12-19-17-20(19)13-14-21(23)22-16-15-18-10-7-6-8-11-18/h6-8,10-11,19-20H,2-5,9,12-17H2,1H3,(H,22,23)/t19-,20-/m1/s1. The van der Waals surface area contributed by atoms with E-state index in [2.05, 4.69) is 24.4 Å². The number of amides is 1. The summed E-state index contributed by atoms with van der Waals surface area (Å²) in [6, 6.07) is 10.3. The van der Waals surface area contributed by atoms with Crippen molar-refractivity contribution in [2.75, 3.05) is 6.54 Å². The van der Waals surface area contributed by atoms with Gasteiger partial charge in [0.2, 0.25) is 5.91 Å². The van der Waals surface area contributed by atoms with Gasteiger partial charge in [-0.25, -0.2) is 0 Å². The lowest BCUT2D eigenvalue weighted by Crippen LogP contribution is -2.25. The van der Waals surface area contributed by atoms with Crippen LogP contribution in [0.15, 0.2) is 30.3 Å². The van der Waals surface area contributed by atoms with Gasteiger partial charge in [0, 0.05) is 13.0 Å². The van der Waals surface area contributed by atoms with Crippen LogP contribution >= 0.6 is 0 Å². The van der Waals surface area contributed by atoms with Crippen molar-refractivity contribution in [3.63, 3.8) is 0 Å². The third-order valence-corrected chi connectivity index (χ3v) is 5.07. The van der Waals surface area contributed by atoms with Crippen molar-refractivity contribution in [3.8, 4) is 0 Å². The third-order valence-electron chi connectivity index (χ3n) is 5.07. The molecule has 0 radical (unpaired) electrons. The molecule has 2 heteroatoms. The first-order chi connectivity index (χ1) is 11.3. The normalized spacial score (nSPS) is 19.5. The van der Waals surface area contributed by atoms with E-state index in [9.17, 15) is 4.79 Å². The molecule has 23 heavy (non-hydrogen) atoms. The van der Waals surface area contributed by atoms with Crippen LogP contribution in [0.1, 0.15) is 70.3 Å². The van der Waals surface area contributed by atoms with Crippen LogP contribution in [0.3, 0.4) is 0 Å². The minimum Gasteiger partial charge on any atom is -0.356 e. The predicted octanol–water partition coefficient (Wildman–Crippen LogP) is 5.12. The Kier molecular flexibility index (Phi) is 8.20. The molecule has 2 rings (SSSR count). The van der Waals surface area contributed by atoms with Gasteiger partial charge in [-0.15, -0.1) is 0 Å². The molecule has 1 amide bonds. The Morgan fingerprint density at radius 1 is 1.04 bits per heavy atom.